The van der Waals surface area contributed by atoms with Crippen LogP contribution in [-0.4, -0.2) is 18.9 Å². The lowest BCUT2D eigenvalue weighted by molar-refractivity contribution is -0.122. The SMILES string of the molecule is COc1ccc(NC(=O)C2CC2C(=O)Nc2ccc(C)cc2C)cc1. The summed E-state index contributed by atoms with van der Waals surface area (Å²) in [5.74, 6) is -0.0188. The summed E-state index contributed by atoms with van der Waals surface area (Å²) in [6, 6.07) is 13.0. The van der Waals surface area contributed by atoms with Crippen LogP contribution in [0.1, 0.15) is 17.5 Å². The first-order chi connectivity index (χ1) is 12.0. The van der Waals surface area contributed by atoms with Crippen molar-refractivity contribution in [3.8, 4) is 5.75 Å². The molecule has 1 fully saturated rings. The number of carbonyl (C=O) groups is 2. The van der Waals surface area contributed by atoms with Crippen molar-refractivity contribution in [3.05, 3.63) is 53.6 Å². The Bertz CT molecular complexity index is 799. The smallest absolute Gasteiger partial charge is 0.228 e. The van der Waals surface area contributed by atoms with Crippen LogP contribution in [0.5, 0.6) is 5.75 Å². The van der Waals surface area contributed by atoms with Gasteiger partial charge < -0.3 is 15.4 Å². The van der Waals surface area contributed by atoms with Gasteiger partial charge in [0.15, 0.2) is 0 Å². The molecule has 130 valence electrons. The summed E-state index contributed by atoms with van der Waals surface area (Å²) in [4.78, 5) is 24.6. The van der Waals surface area contributed by atoms with Gasteiger partial charge in [-0.05, 0) is 56.2 Å². The van der Waals surface area contributed by atoms with Crippen molar-refractivity contribution < 1.29 is 14.3 Å². The van der Waals surface area contributed by atoms with Crippen molar-refractivity contribution >= 4 is 23.2 Å². The summed E-state index contributed by atoms with van der Waals surface area (Å²) in [5, 5.41) is 5.78. The van der Waals surface area contributed by atoms with Gasteiger partial charge in [0.1, 0.15) is 5.75 Å². The molecule has 1 aliphatic carbocycles. The molecule has 0 saturated heterocycles. The first kappa shape index (κ1) is 17.0. The average molecular weight is 338 g/mol. The summed E-state index contributed by atoms with van der Waals surface area (Å²) in [6.45, 7) is 3.97. The summed E-state index contributed by atoms with van der Waals surface area (Å²) in [7, 11) is 1.59. The van der Waals surface area contributed by atoms with E-state index in [0.717, 1.165) is 22.6 Å². The third-order valence-corrected chi connectivity index (χ3v) is 4.46. The van der Waals surface area contributed by atoms with Crippen LogP contribution in [0.15, 0.2) is 42.5 Å². The fraction of sp³-hybridized carbons (Fsp3) is 0.300. The summed E-state index contributed by atoms with van der Waals surface area (Å²) < 4.78 is 5.09. The zero-order valence-electron chi connectivity index (χ0n) is 14.6. The molecule has 2 atom stereocenters. The van der Waals surface area contributed by atoms with Crippen LogP contribution in [0.3, 0.4) is 0 Å². The van der Waals surface area contributed by atoms with Crippen molar-refractivity contribution in [2.75, 3.05) is 17.7 Å². The van der Waals surface area contributed by atoms with E-state index in [4.69, 9.17) is 4.74 Å². The summed E-state index contributed by atoms with van der Waals surface area (Å²) in [6.07, 6.45) is 0.582. The standard InChI is InChI=1S/C20H22N2O3/c1-12-4-9-18(13(2)10-12)22-20(24)17-11-16(17)19(23)21-14-5-7-15(25-3)8-6-14/h4-10,16-17H,11H2,1-3H3,(H,21,23)(H,22,24). The number of amides is 2. The lowest BCUT2D eigenvalue weighted by Crippen LogP contribution is -2.20. The number of hydrogen-bond acceptors (Lipinski definition) is 3. The third kappa shape index (κ3) is 3.99. The summed E-state index contributed by atoms with van der Waals surface area (Å²) >= 11 is 0. The molecule has 5 nitrogen and oxygen atoms in total. The second-order valence-electron chi connectivity index (χ2n) is 6.47. The molecule has 0 bridgehead atoms. The number of carbonyl (C=O) groups excluding carboxylic acids is 2. The third-order valence-electron chi connectivity index (χ3n) is 4.46. The molecule has 0 aliphatic heterocycles. The molecule has 3 rings (SSSR count). The Hall–Kier alpha value is -2.82. The maximum absolute atomic E-state index is 12.4. The second kappa shape index (κ2) is 6.97. The molecular weight excluding hydrogens is 316 g/mol. The van der Waals surface area contributed by atoms with Crippen LogP contribution in [0.4, 0.5) is 11.4 Å². The fourth-order valence-electron chi connectivity index (χ4n) is 2.86. The fourth-order valence-corrected chi connectivity index (χ4v) is 2.86. The topological polar surface area (TPSA) is 67.4 Å². The van der Waals surface area contributed by atoms with E-state index in [0.29, 0.717) is 12.1 Å². The Kier molecular flexibility index (Phi) is 4.74. The molecule has 0 spiro atoms. The average Bonchev–Trinajstić information content (AvgIpc) is 3.39. The second-order valence-corrected chi connectivity index (χ2v) is 6.47. The van der Waals surface area contributed by atoms with Crippen LogP contribution in [0.2, 0.25) is 0 Å². The Morgan fingerprint density at radius 3 is 2.20 bits per heavy atom. The van der Waals surface area contributed by atoms with Crippen LogP contribution in [-0.2, 0) is 9.59 Å². The number of ether oxygens (including phenoxy) is 1. The number of hydrogen-bond donors (Lipinski definition) is 2. The van der Waals surface area contributed by atoms with Crippen LogP contribution >= 0.6 is 0 Å². The summed E-state index contributed by atoms with van der Waals surface area (Å²) in [5.41, 5.74) is 3.68. The van der Waals surface area contributed by atoms with Crippen molar-refractivity contribution in [1.82, 2.24) is 0 Å². The van der Waals surface area contributed by atoms with E-state index in [2.05, 4.69) is 10.6 Å². The molecular formula is C20H22N2O3. The van der Waals surface area contributed by atoms with Gasteiger partial charge in [-0.25, -0.2) is 0 Å². The van der Waals surface area contributed by atoms with E-state index >= 15 is 0 Å². The van der Waals surface area contributed by atoms with Crippen LogP contribution in [0.25, 0.3) is 0 Å². The van der Waals surface area contributed by atoms with Gasteiger partial charge in [-0.2, -0.15) is 0 Å². The molecule has 0 heterocycles. The van der Waals surface area contributed by atoms with Gasteiger partial charge in [0.2, 0.25) is 11.8 Å². The minimum atomic E-state index is -0.271. The Morgan fingerprint density at radius 2 is 1.60 bits per heavy atom. The van der Waals surface area contributed by atoms with Crippen LogP contribution < -0.4 is 15.4 Å². The molecule has 25 heavy (non-hydrogen) atoms. The number of anilines is 2. The normalized spacial score (nSPS) is 18.4. The first-order valence-corrected chi connectivity index (χ1v) is 8.31. The van der Waals surface area contributed by atoms with E-state index in [1.54, 1.807) is 31.4 Å². The molecule has 2 unspecified atom stereocenters. The number of aryl methyl sites for hydroxylation is 2. The number of nitrogens with one attached hydrogen (secondary N) is 2. The minimum absolute atomic E-state index is 0.0955. The quantitative estimate of drug-likeness (QED) is 0.876. The monoisotopic (exact) mass is 338 g/mol. The van der Waals surface area contributed by atoms with Gasteiger partial charge >= 0.3 is 0 Å². The maximum Gasteiger partial charge on any atom is 0.228 e. The van der Waals surface area contributed by atoms with Crippen molar-refractivity contribution in [1.29, 1.82) is 0 Å². The Labute approximate surface area is 147 Å². The van der Waals surface area contributed by atoms with E-state index in [1.807, 2.05) is 32.0 Å². The molecule has 0 aromatic heterocycles. The largest absolute Gasteiger partial charge is 0.497 e. The highest BCUT2D eigenvalue weighted by Crippen LogP contribution is 2.40. The lowest BCUT2D eigenvalue weighted by Gasteiger charge is -2.09. The molecule has 5 heteroatoms. The van der Waals surface area contributed by atoms with E-state index in [9.17, 15) is 9.59 Å². The first-order valence-electron chi connectivity index (χ1n) is 8.31. The molecule has 2 aromatic carbocycles. The molecule has 0 radical (unpaired) electrons. The van der Waals surface area contributed by atoms with Crippen molar-refractivity contribution in [2.24, 2.45) is 11.8 Å². The number of rotatable bonds is 5. The maximum atomic E-state index is 12.4. The minimum Gasteiger partial charge on any atom is -0.497 e. The van der Waals surface area contributed by atoms with Gasteiger partial charge in [0.25, 0.3) is 0 Å². The molecule has 1 saturated carbocycles. The van der Waals surface area contributed by atoms with Crippen molar-refractivity contribution in [3.63, 3.8) is 0 Å². The van der Waals surface area contributed by atoms with E-state index in [-0.39, 0.29) is 23.7 Å². The lowest BCUT2D eigenvalue weighted by atomic mass is 10.1. The molecule has 2 amide bonds. The Balaban J connectivity index is 1.55. The Morgan fingerprint density at radius 1 is 0.960 bits per heavy atom. The van der Waals surface area contributed by atoms with E-state index < -0.39 is 0 Å². The highest BCUT2D eigenvalue weighted by atomic mass is 16.5. The predicted molar refractivity (Wildman–Crippen MR) is 97.8 cm³/mol. The zero-order valence-corrected chi connectivity index (χ0v) is 14.6. The number of methoxy groups -OCH3 is 1. The van der Waals surface area contributed by atoms with Gasteiger partial charge in [-0.15, -0.1) is 0 Å². The highest BCUT2D eigenvalue weighted by Gasteiger charge is 2.48. The van der Waals surface area contributed by atoms with Gasteiger partial charge in [-0.3, -0.25) is 9.59 Å². The predicted octanol–water partition coefficient (Wildman–Crippen LogP) is 3.53. The van der Waals surface area contributed by atoms with E-state index in [1.165, 1.54) is 0 Å². The van der Waals surface area contributed by atoms with Gasteiger partial charge in [0, 0.05) is 11.4 Å². The number of benzene rings is 2. The van der Waals surface area contributed by atoms with Crippen molar-refractivity contribution in [2.45, 2.75) is 20.3 Å². The van der Waals surface area contributed by atoms with Gasteiger partial charge in [0.05, 0.1) is 18.9 Å². The van der Waals surface area contributed by atoms with Gasteiger partial charge in [-0.1, -0.05) is 17.7 Å². The molecule has 2 aromatic rings. The molecule has 2 N–H and O–H groups in total. The zero-order chi connectivity index (χ0) is 18.0. The molecule has 1 aliphatic rings. The van der Waals surface area contributed by atoms with Crippen LogP contribution in [0, 0.1) is 25.7 Å². The highest BCUT2D eigenvalue weighted by molar-refractivity contribution is 6.03.